The van der Waals surface area contributed by atoms with Gasteiger partial charge in [-0.2, -0.15) is 0 Å². The van der Waals surface area contributed by atoms with E-state index in [1.165, 1.54) is 0 Å². The average molecular weight is 195 g/mol. The molecule has 0 radical (unpaired) electrons. The second-order valence-electron chi connectivity index (χ2n) is 3.79. The number of anilines is 1. The van der Waals surface area contributed by atoms with Crippen molar-refractivity contribution in [2.75, 3.05) is 19.0 Å². The van der Waals surface area contributed by atoms with Gasteiger partial charge in [0.05, 0.1) is 12.3 Å². The molecular weight excluding hydrogens is 178 g/mol. The molecule has 1 rings (SSSR count). The summed E-state index contributed by atoms with van der Waals surface area (Å²) in [4.78, 5) is 10.4. The van der Waals surface area contributed by atoms with E-state index in [1.54, 1.807) is 6.20 Å². The zero-order valence-corrected chi connectivity index (χ0v) is 9.15. The second kappa shape index (κ2) is 4.37. The van der Waals surface area contributed by atoms with E-state index in [-0.39, 0.29) is 6.61 Å². The van der Waals surface area contributed by atoms with Crippen LogP contribution in [0.2, 0.25) is 0 Å². The number of nitrogens with zero attached hydrogens (tertiary/aromatic N) is 3. The Kier molecular flexibility index (Phi) is 3.41. The Morgan fingerprint density at radius 3 is 2.50 bits per heavy atom. The second-order valence-corrected chi connectivity index (χ2v) is 3.79. The highest BCUT2D eigenvalue weighted by molar-refractivity contribution is 5.32. The van der Waals surface area contributed by atoms with Gasteiger partial charge in [-0.05, 0) is 5.92 Å². The molecule has 0 aliphatic rings. The fraction of sp³-hybridized carbons (Fsp3) is 0.600. The highest BCUT2D eigenvalue weighted by atomic mass is 16.3. The molecule has 0 unspecified atom stereocenters. The van der Waals surface area contributed by atoms with Crippen LogP contribution in [0, 0.1) is 0 Å². The predicted molar refractivity (Wildman–Crippen MR) is 56.4 cm³/mol. The van der Waals surface area contributed by atoms with Crippen molar-refractivity contribution in [1.29, 1.82) is 0 Å². The molecule has 4 nitrogen and oxygen atoms in total. The number of rotatable bonds is 3. The molecule has 0 aliphatic heterocycles. The molecule has 4 heteroatoms. The van der Waals surface area contributed by atoms with E-state index in [0.717, 1.165) is 11.3 Å². The van der Waals surface area contributed by atoms with Crippen molar-refractivity contribution >= 4 is 5.95 Å². The van der Waals surface area contributed by atoms with Gasteiger partial charge in [0.15, 0.2) is 0 Å². The highest BCUT2D eigenvalue weighted by Crippen LogP contribution is 2.18. The smallest absolute Gasteiger partial charge is 0.225 e. The molecule has 0 saturated carbocycles. The number of aliphatic hydroxyl groups is 1. The van der Waals surface area contributed by atoms with Gasteiger partial charge < -0.3 is 10.0 Å². The lowest BCUT2D eigenvalue weighted by Crippen LogP contribution is -2.15. The molecule has 1 heterocycles. The van der Waals surface area contributed by atoms with E-state index >= 15 is 0 Å². The van der Waals surface area contributed by atoms with Crippen molar-refractivity contribution in [2.45, 2.75) is 26.4 Å². The summed E-state index contributed by atoms with van der Waals surface area (Å²) in [5.41, 5.74) is 1.73. The fourth-order valence-electron chi connectivity index (χ4n) is 1.25. The van der Waals surface area contributed by atoms with Gasteiger partial charge in [0, 0.05) is 25.9 Å². The number of hydrogen-bond donors (Lipinski definition) is 1. The molecule has 0 atom stereocenters. The molecule has 14 heavy (non-hydrogen) atoms. The molecule has 1 aromatic rings. The highest BCUT2D eigenvalue weighted by Gasteiger charge is 2.10. The maximum absolute atomic E-state index is 9.10. The monoisotopic (exact) mass is 195 g/mol. The Balaban J connectivity index is 3.14. The SMILES string of the molecule is CC(C)c1nc(N(C)C)ncc1CO. The summed E-state index contributed by atoms with van der Waals surface area (Å²) < 4.78 is 0. The van der Waals surface area contributed by atoms with Gasteiger partial charge in [0.25, 0.3) is 0 Å². The molecular formula is C10H17N3O. The summed E-state index contributed by atoms with van der Waals surface area (Å²) in [7, 11) is 3.80. The van der Waals surface area contributed by atoms with Gasteiger partial charge in [-0.25, -0.2) is 9.97 Å². The van der Waals surface area contributed by atoms with Crippen LogP contribution in [0.4, 0.5) is 5.95 Å². The zero-order valence-electron chi connectivity index (χ0n) is 9.15. The van der Waals surface area contributed by atoms with Crippen LogP contribution >= 0.6 is 0 Å². The van der Waals surface area contributed by atoms with Crippen molar-refractivity contribution in [1.82, 2.24) is 9.97 Å². The van der Waals surface area contributed by atoms with Gasteiger partial charge in [-0.15, -0.1) is 0 Å². The topological polar surface area (TPSA) is 49.2 Å². The fourth-order valence-corrected chi connectivity index (χ4v) is 1.25. The van der Waals surface area contributed by atoms with E-state index in [2.05, 4.69) is 23.8 Å². The van der Waals surface area contributed by atoms with Crippen LogP contribution < -0.4 is 4.90 Å². The Morgan fingerprint density at radius 1 is 1.43 bits per heavy atom. The van der Waals surface area contributed by atoms with Crippen LogP contribution in [0.1, 0.15) is 31.0 Å². The molecule has 0 aromatic carbocycles. The van der Waals surface area contributed by atoms with E-state index in [0.29, 0.717) is 11.9 Å². The van der Waals surface area contributed by atoms with Crippen molar-refractivity contribution < 1.29 is 5.11 Å². The van der Waals surface area contributed by atoms with Crippen LogP contribution in [0.25, 0.3) is 0 Å². The van der Waals surface area contributed by atoms with Crippen LogP contribution in [-0.2, 0) is 6.61 Å². The average Bonchev–Trinajstić information content (AvgIpc) is 2.16. The maximum Gasteiger partial charge on any atom is 0.225 e. The first-order valence-electron chi connectivity index (χ1n) is 4.70. The summed E-state index contributed by atoms with van der Waals surface area (Å²) in [6.45, 7) is 4.11. The number of aliphatic hydroxyl groups excluding tert-OH is 1. The summed E-state index contributed by atoms with van der Waals surface area (Å²) in [5, 5.41) is 9.10. The zero-order chi connectivity index (χ0) is 10.7. The maximum atomic E-state index is 9.10. The van der Waals surface area contributed by atoms with Gasteiger partial charge in [-0.3, -0.25) is 0 Å². The third-order valence-corrected chi connectivity index (χ3v) is 2.00. The molecule has 0 fully saturated rings. The lowest BCUT2D eigenvalue weighted by Gasteiger charge is -2.15. The van der Waals surface area contributed by atoms with Crippen molar-refractivity contribution in [3.8, 4) is 0 Å². The standard InChI is InChI=1S/C10H17N3O/c1-7(2)9-8(6-14)5-11-10(12-9)13(3)4/h5,7,14H,6H2,1-4H3. The first-order chi connectivity index (χ1) is 6.56. The summed E-state index contributed by atoms with van der Waals surface area (Å²) >= 11 is 0. The normalized spacial score (nSPS) is 10.7. The van der Waals surface area contributed by atoms with Crippen molar-refractivity contribution in [2.24, 2.45) is 0 Å². The van der Waals surface area contributed by atoms with E-state index in [9.17, 15) is 0 Å². The molecule has 1 N–H and O–H groups in total. The van der Waals surface area contributed by atoms with Crippen LogP contribution in [0.5, 0.6) is 0 Å². The largest absolute Gasteiger partial charge is 0.392 e. The first-order valence-corrected chi connectivity index (χ1v) is 4.70. The molecule has 1 aromatic heterocycles. The minimum atomic E-state index is 0.00121. The van der Waals surface area contributed by atoms with Crippen molar-refractivity contribution in [3.05, 3.63) is 17.5 Å². The van der Waals surface area contributed by atoms with Gasteiger partial charge in [-0.1, -0.05) is 13.8 Å². The van der Waals surface area contributed by atoms with Crippen LogP contribution in [0.15, 0.2) is 6.20 Å². The molecule has 78 valence electrons. The Hall–Kier alpha value is -1.16. The van der Waals surface area contributed by atoms with Crippen LogP contribution in [0.3, 0.4) is 0 Å². The third-order valence-electron chi connectivity index (χ3n) is 2.00. The van der Waals surface area contributed by atoms with E-state index < -0.39 is 0 Å². The van der Waals surface area contributed by atoms with Gasteiger partial charge >= 0.3 is 0 Å². The minimum Gasteiger partial charge on any atom is -0.392 e. The lowest BCUT2D eigenvalue weighted by molar-refractivity contribution is 0.279. The molecule has 0 amide bonds. The quantitative estimate of drug-likeness (QED) is 0.786. The van der Waals surface area contributed by atoms with E-state index in [1.807, 2.05) is 19.0 Å². The molecule has 0 saturated heterocycles. The summed E-state index contributed by atoms with van der Waals surface area (Å²) in [6.07, 6.45) is 1.69. The lowest BCUT2D eigenvalue weighted by atomic mass is 10.1. The van der Waals surface area contributed by atoms with Gasteiger partial charge in [0.2, 0.25) is 5.95 Å². The number of hydrogen-bond acceptors (Lipinski definition) is 4. The Morgan fingerprint density at radius 2 is 2.07 bits per heavy atom. The molecule has 0 aliphatic carbocycles. The number of aromatic nitrogens is 2. The Labute approximate surface area is 84.6 Å². The van der Waals surface area contributed by atoms with Crippen molar-refractivity contribution in [3.63, 3.8) is 0 Å². The third kappa shape index (κ3) is 2.20. The molecule has 0 spiro atoms. The summed E-state index contributed by atoms with van der Waals surface area (Å²) in [5.74, 6) is 0.991. The molecule has 0 bridgehead atoms. The van der Waals surface area contributed by atoms with Crippen LogP contribution in [-0.4, -0.2) is 29.2 Å². The Bertz CT molecular complexity index is 310. The van der Waals surface area contributed by atoms with Gasteiger partial charge in [0.1, 0.15) is 0 Å². The minimum absolute atomic E-state index is 0.00121. The summed E-state index contributed by atoms with van der Waals surface area (Å²) in [6, 6.07) is 0. The van der Waals surface area contributed by atoms with E-state index in [4.69, 9.17) is 5.11 Å². The first kappa shape index (κ1) is 10.9. The predicted octanol–water partition coefficient (Wildman–Crippen LogP) is 1.16.